The Bertz CT molecular complexity index is 62.6. The zero-order chi connectivity index (χ0) is 3.54. The van der Waals surface area contributed by atoms with Crippen molar-refractivity contribution in [3.63, 3.8) is 0 Å². The summed E-state index contributed by atoms with van der Waals surface area (Å²) in [4.78, 5) is 0. The van der Waals surface area contributed by atoms with E-state index in [1.165, 1.54) is 0 Å². The van der Waals surface area contributed by atoms with Crippen LogP contribution in [0.15, 0.2) is 18.2 Å². The molecule has 0 aromatic heterocycles. The maximum Gasteiger partial charge on any atom is 4.00 e. The third kappa shape index (κ3) is 11.8. The summed E-state index contributed by atoms with van der Waals surface area (Å²) in [5.74, 6) is 0. The molecule has 50 valence electrons. The van der Waals surface area contributed by atoms with Crippen molar-refractivity contribution in [3.8, 4) is 0 Å². The van der Waals surface area contributed by atoms with E-state index < -0.39 is 0 Å². The molecule has 0 aromatic rings. The molecule has 0 saturated carbocycles. The second-order valence-corrected chi connectivity index (χ2v) is 1.00. The molecule has 0 nitrogen and oxygen atoms in total. The molecular formula is C8H14Zr. The second-order valence-electron chi connectivity index (χ2n) is 1.00. The van der Waals surface area contributed by atoms with Gasteiger partial charge in [-0.1, -0.05) is 0 Å². The van der Waals surface area contributed by atoms with Crippen molar-refractivity contribution in [2.45, 2.75) is 6.42 Å². The van der Waals surface area contributed by atoms with Crippen molar-refractivity contribution < 1.29 is 26.2 Å². The molecule has 0 N–H and O–H groups in total. The van der Waals surface area contributed by atoms with Crippen molar-refractivity contribution in [3.05, 3.63) is 46.6 Å². The van der Waals surface area contributed by atoms with Crippen molar-refractivity contribution in [2.75, 3.05) is 0 Å². The van der Waals surface area contributed by atoms with Gasteiger partial charge in [0.15, 0.2) is 0 Å². The number of allylic oxidation sites excluding steroid dienone is 4. The van der Waals surface area contributed by atoms with Crippen LogP contribution >= 0.6 is 0 Å². The van der Waals surface area contributed by atoms with Gasteiger partial charge in [0.05, 0.1) is 0 Å². The van der Waals surface area contributed by atoms with E-state index in [0.717, 1.165) is 6.42 Å². The summed E-state index contributed by atoms with van der Waals surface area (Å²) in [6, 6.07) is 0. The fraction of sp³-hybridized carbons (Fsp3) is 0.125. The van der Waals surface area contributed by atoms with Crippen LogP contribution in [0.5, 0.6) is 0 Å². The average Bonchev–Trinajstić information content (AvgIpc) is 1.76. The fourth-order valence-corrected chi connectivity index (χ4v) is 0.340. The summed E-state index contributed by atoms with van der Waals surface area (Å²) in [5, 5.41) is 0. The first-order valence-electron chi connectivity index (χ1n) is 1.72. The summed E-state index contributed by atoms with van der Waals surface area (Å²) in [5.41, 5.74) is 0. The minimum Gasteiger partial charge on any atom is -0.358 e. The van der Waals surface area contributed by atoms with Crippen LogP contribution in [-0.2, 0) is 26.2 Å². The van der Waals surface area contributed by atoms with Crippen molar-refractivity contribution in [1.29, 1.82) is 0 Å². The first-order valence-corrected chi connectivity index (χ1v) is 1.72. The van der Waals surface area contributed by atoms with Crippen LogP contribution in [-0.4, -0.2) is 0 Å². The Hall–Kier alpha value is 0.363. The van der Waals surface area contributed by atoms with E-state index >= 15 is 0 Å². The van der Waals surface area contributed by atoms with E-state index in [4.69, 9.17) is 0 Å². The minimum absolute atomic E-state index is 0. The molecule has 0 spiro atoms. The molecule has 1 heteroatoms. The van der Waals surface area contributed by atoms with Crippen LogP contribution < -0.4 is 0 Å². The Morgan fingerprint density at radius 1 is 1.11 bits per heavy atom. The number of rotatable bonds is 0. The Morgan fingerprint density at radius 3 is 1.78 bits per heavy atom. The van der Waals surface area contributed by atoms with Gasteiger partial charge in [0, 0.05) is 0 Å². The van der Waals surface area contributed by atoms with Gasteiger partial charge in [0.25, 0.3) is 0 Å². The molecule has 0 saturated heterocycles. The second kappa shape index (κ2) is 15.8. The molecule has 0 aromatic carbocycles. The van der Waals surface area contributed by atoms with E-state index in [1.54, 1.807) is 0 Å². The maximum absolute atomic E-state index is 2.99. The minimum atomic E-state index is 0. The maximum atomic E-state index is 2.99. The molecule has 9 heavy (non-hydrogen) atoms. The van der Waals surface area contributed by atoms with Crippen LogP contribution in [0.1, 0.15) is 6.42 Å². The van der Waals surface area contributed by atoms with E-state index in [9.17, 15) is 0 Å². The molecule has 0 fully saturated rings. The standard InChI is InChI=1S/C5H5.3CH3.Zr/c1-2-4-5-3-1;;;;/h1-3H,4H2;3*1H3;/q4*-1;+4. The summed E-state index contributed by atoms with van der Waals surface area (Å²) in [6.45, 7) is 0. The average molecular weight is 201 g/mol. The molecule has 0 amide bonds. The Labute approximate surface area is 79.2 Å². The quantitative estimate of drug-likeness (QED) is 0.529. The van der Waals surface area contributed by atoms with Crippen LogP contribution in [0.3, 0.4) is 0 Å². The molecule has 0 atom stereocenters. The SMILES string of the molecule is [C-]1=CC=CC1.[CH3-].[CH3-].[CH3-].[Zr+4]. The van der Waals surface area contributed by atoms with Gasteiger partial charge in [-0.05, 0) is 0 Å². The zero-order valence-electron chi connectivity index (χ0n) is 6.44. The van der Waals surface area contributed by atoms with Gasteiger partial charge < -0.3 is 22.3 Å². The van der Waals surface area contributed by atoms with Gasteiger partial charge >= 0.3 is 26.2 Å². The monoisotopic (exact) mass is 200 g/mol. The summed E-state index contributed by atoms with van der Waals surface area (Å²) in [7, 11) is 0. The third-order valence-electron chi connectivity index (χ3n) is 0.586. The largest absolute Gasteiger partial charge is 4.00 e. The first kappa shape index (κ1) is 22.8. The molecule has 0 radical (unpaired) electrons. The Balaban J connectivity index is -0.0000000312. The van der Waals surface area contributed by atoms with E-state index in [2.05, 4.69) is 12.2 Å². The first-order chi connectivity index (χ1) is 2.50. The van der Waals surface area contributed by atoms with Crippen molar-refractivity contribution >= 4 is 0 Å². The van der Waals surface area contributed by atoms with Gasteiger partial charge in [0.1, 0.15) is 0 Å². The molecule has 0 bridgehead atoms. The van der Waals surface area contributed by atoms with Gasteiger partial charge in [-0.2, -0.15) is 6.08 Å². The summed E-state index contributed by atoms with van der Waals surface area (Å²) in [6.07, 6.45) is 10.0. The Kier molecular flexibility index (Phi) is 39.9. The molecule has 0 aliphatic heterocycles. The molecule has 1 rings (SSSR count). The molecule has 0 unspecified atom stereocenters. The van der Waals surface area contributed by atoms with E-state index in [-0.39, 0.29) is 48.5 Å². The molecule has 1 aliphatic rings. The van der Waals surface area contributed by atoms with Gasteiger partial charge in [-0.15, -0.1) is 6.42 Å². The van der Waals surface area contributed by atoms with Crippen LogP contribution in [0.2, 0.25) is 0 Å². The van der Waals surface area contributed by atoms with E-state index in [0.29, 0.717) is 0 Å². The van der Waals surface area contributed by atoms with Crippen molar-refractivity contribution in [2.24, 2.45) is 0 Å². The summed E-state index contributed by atoms with van der Waals surface area (Å²) < 4.78 is 0. The normalized spacial score (nSPS) is 9.78. The predicted octanol–water partition coefficient (Wildman–Crippen LogP) is 2.65. The molecular weight excluding hydrogens is 187 g/mol. The zero-order valence-corrected chi connectivity index (χ0v) is 8.90. The van der Waals surface area contributed by atoms with Gasteiger partial charge in [-0.3, -0.25) is 6.08 Å². The Morgan fingerprint density at radius 2 is 1.67 bits per heavy atom. The smallest absolute Gasteiger partial charge is 0.358 e. The number of hydrogen-bond donors (Lipinski definition) is 0. The van der Waals surface area contributed by atoms with Crippen molar-refractivity contribution in [1.82, 2.24) is 0 Å². The van der Waals surface area contributed by atoms with Crippen LogP contribution in [0.4, 0.5) is 0 Å². The summed E-state index contributed by atoms with van der Waals surface area (Å²) >= 11 is 0. The third-order valence-corrected chi connectivity index (χ3v) is 0.586. The van der Waals surface area contributed by atoms with Gasteiger partial charge in [0.2, 0.25) is 0 Å². The molecule has 0 heterocycles. The van der Waals surface area contributed by atoms with Gasteiger partial charge in [-0.25, -0.2) is 12.2 Å². The number of hydrogen-bond acceptors (Lipinski definition) is 0. The van der Waals surface area contributed by atoms with Crippen LogP contribution in [0, 0.1) is 28.4 Å². The van der Waals surface area contributed by atoms with E-state index in [1.807, 2.05) is 12.2 Å². The predicted molar refractivity (Wildman–Crippen MR) is 40.8 cm³/mol. The fourth-order valence-electron chi connectivity index (χ4n) is 0.340. The topological polar surface area (TPSA) is 0 Å². The molecule has 1 aliphatic carbocycles. The van der Waals surface area contributed by atoms with Crippen LogP contribution in [0.25, 0.3) is 0 Å².